The molecule has 0 fully saturated rings. The molecule has 0 saturated carbocycles. The maximum absolute atomic E-state index is 11.3. The molecule has 1 aromatic rings. The summed E-state index contributed by atoms with van der Waals surface area (Å²) in [6.07, 6.45) is 0. The zero-order valence-electron chi connectivity index (χ0n) is 10.0. The molecule has 0 spiro atoms. The zero-order valence-corrected chi connectivity index (χ0v) is 11.6. The molecule has 0 atom stereocenters. The lowest BCUT2D eigenvalue weighted by Gasteiger charge is -2.16. The lowest BCUT2D eigenvalue weighted by Crippen LogP contribution is -2.34. The molecule has 1 rings (SSSR count). The van der Waals surface area contributed by atoms with Crippen LogP contribution in [0.1, 0.15) is 19.5 Å². The number of hydrogen-bond acceptors (Lipinski definition) is 7. The first-order valence-corrected chi connectivity index (χ1v) is 6.06. The van der Waals surface area contributed by atoms with Gasteiger partial charge < -0.3 is 21.4 Å². The Kier molecular flexibility index (Phi) is 4.32. The van der Waals surface area contributed by atoms with E-state index in [0.717, 1.165) is 11.3 Å². The zero-order chi connectivity index (χ0) is 14.8. The quantitative estimate of drug-likeness (QED) is 0.532. The van der Waals surface area contributed by atoms with Crippen molar-refractivity contribution in [2.45, 2.75) is 19.4 Å². The SMILES string of the molecule is CC(C)(O/N=C(\C(N)=O)c1nc(N)sc1Cl)C(=O)O. The Balaban J connectivity index is 3.13. The van der Waals surface area contributed by atoms with Crippen LogP contribution in [-0.2, 0) is 14.4 Å². The van der Waals surface area contributed by atoms with Crippen LogP contribution in [0.2, 0.25) is 4.34 Å². The van der Waals surface area contributed by atoms with Crippen LogP contribution in [0, 0.1) is 0 Å². The Morgan fingerprint density at radius 3 is 2.47 bits per heavy atom. The van der Waals surface area contributed by atoms with E-state index in [1.54, 1.807) is 0 Å². The largest absolute Gasteiger partial charge is 0.478 e. The molecule has 5 N–H and O–H groups in total. The Bertz CT molecular complexity index is 554. The van der Waals surface area contributed by atoms with Gasteiger partial charge in [0.15, 0.2) is 10.8 Å². The minimum atomic E-state index is -1.63. The normalized spacial score (nSPS) is 12.3. The highest BCUT2D eigenvalue weighted by Crippen LogP contribution is 2.26. The van der Waals surface area contributed by atoms with Crippen LogP contribution in [0.25, 0.3) is 0 Å². The van der Waals surface area contributed by atoms with E-state index in [0.29, 0.717) is 0 Å². The molecule has 0 saturated heterocycles. The van der Waals surface area contributed by atoms with Gasteiger partial charge in [-0.25, -0.2) is 9.78 Å². The van der Waals surface area contributed by atoms with Gasteiger partial charge in [0, 0.05) is 0 Å². The van der Waals surface area contributed by atoms with Gasteiger partial charge in [0.25, 0.3) is 5.91 Å². The highest BCUT2D eigenvalue weighted by molar-refractivity contribution is 7.19. The summed E-state index contributed by atoms with van der Waals surface area (Å²) in [5, 5.41) is 12.4. The molecule has 8 nitrogen and oxygen atoms in total. The summed E-state index contributed by atoms with van der Waals surface area (Å²) in [4.78, 5) is 30.7. The second-order valence-corrected chi connectivity index (χ2v) is 5.52. The van der Waals surface area contributed by atoms with E-state index in [1.807, 2.05) is 0 Å². The molecule has 19 heavy (non-hydrogen) atoms. The number of hydrogen-bond donors (Lipinski definition) is 3. The van der Waals surface area contributed by atoms with Crippen molar-refractivity contribution >= 4 is 45.7 Å². The van der Waals surface area contributed by atoms with Crippen molar-refractivity contribution in [3.8, 4) is 0 Å². The Labute approximate surface area is 117 Å². The molecule has 0 aliphatic carbocycles. The number of amides is 1. The number of carbonyl (C=O) groups is 2. The van der Waals surface area contributed by atoms with Gasteiger partial charge in [-0.2, -0.15) is 0 Å². The van der Waals surface area contributed by atoms with Gasteiger partial charge in [-0.05, 0) is 13.8 Å². The van der Waals surface area contributed by atoms with Crippen LogP contribution in [0.5, 0.6) is 0 Å². The fourth-order valence-electron chi connectivity index (χ4n) is 0.867. The van der Waals surface area contributed by atoms with E-state index in [4.69, 9.17) is 33.0 Å². The molecule has 0 aliphatic rings. The van der Waals surface area contributed by atoms with Gasteiger partial charge in [0.05, 0.1) is 0 Å². The first-order chi connectivity index (χ1) is 8.65. The van der Waals surface area contributed by atoms with Crippen LogP contribution in [0.3, 0.4) is 0 Å². The number of oxime groups is 1. The summed E-state index contributed by atoms with van der Waals surface area (Å²) < 4.78 is 0.104. The van der Waals surface area contributed by atoms with Gasteiger partial charge >= 0.3 is 5.97 Å². The number of thiazole rings is 1. The van der Waals surface area contributed by atoms with Crippen molar-refractivity contribution < 1.29 is 19.5 Å². The maximum Gasteiger partial charge on any atom is 0.350 e. The molecule has 0 radical (unpaired) electrons. The second-order valence-electron chi connectivity index (χ2n) is 3.89. The molecule has 0 unspecified atom stereocenters. The number of primary amides is 1. The van der Waals surface area contributed by atoms with Gasteiger partial charge in [-0.1, -0.05) is 28.1 Å². The van der Waals surface area contributed by atoms with E-state index in [-0.39, 0.29) is 15.2 Å². The molecule has 1 aromatic heterocycles. The number of aromatic nitrogens is 1. The average Bonchev–Trinajstić information content (AvgIpc) is 2.57. The molecule has 1 heterocycles. The van der Waals surface area contributed by atoms with E-state index in [2.05, 4.69) is 10.1 Å². The van der Waals surface area contributed by atoms with Crippen molar-refractivity contribution in [2.24, 2.45) is 10.9 Å². The second kappa shape index (κ2) is 5.41. The van der Waals surface area contributed by atoms with Gasteiger partial charge in [0.1, 0.15) is 10.0 Å². The predicted octanol–water partition coefficient (Wildman–Crippen LogP) is 0.448. The summed E-state index contributed by atoms with van der Waals surface area (Å²) >= 11 is 6.74. The number of rotatable bonds is 5. The van der Waals surface area contributed by atoms with Crippen LogP contribution in [0.15, 0.2) is 5.16 Å². The van der Waals surface area contributed by atoms with Crippen molar-refractivity contribution in [2.75, 3.05) is 5.73 Å². The molecular weight excluding hydrogens is 296 g/mol. The van der Waals surface area contributed by atoms with Crippen LogP contribution in [0.4, 0.5) is 5.13 Å². The van der Waals surface area contributed by atoms with Crippen molar-refractivity contribution in [1.29, 1.82) is 0 Å². The highest BCUT2D eigenvalue weighted by Gasteiger charge is 2.31. The Morgan fingerprint density at radius 2 is 2.11 bits per heavy atom. The number of halogens is 1. The van der Waals surface area contributed by atoms with E-state index >= 15 is 0 Å². The first-order valence-electron chi connectivity index (χ1n) is 4.86. The minimum Gasteiger partial charge on any atom is -0.478 e. The Hall–Kier alpha value is -1.87. The molecule has 104 valence electrons. The fourth-order valence-corrected chi connectivity index (χ4v) is 1.80. The summed E-state index contributed by atoms with van der Waals surface area (Å²) in [5.41, 5.74) is 8.48. The number of nitrogen functional groups attached to an aromatic ring is 1. The standard InChI is InChI=1S/C9H11ClN4O4S/c1-9(2,7(16)17)18-14-4(6(11)15)3-5(10)19-8(12)13-3/h1-2H3,(H2,11,15)(H2,12,13)(H,16,17)/b14-4-. The van der Waals surface area contributed by atoms with Gasteiger partial charge in [0.2, 0.25) is 5.60 Å². The minimum absolute atomic E-state index is 0.0437. The van der Waals surface area contributed by atoms with Crippen LogP contribution in [-0.4, -0.2) is 33.3 Å². The molecule has 0 aliphatic heterocycles. The summed E-state index contributed by atoms with van der Waals surface area (Å²) in [6.45, 7) is 2.52. The number of aliphatic carboxylic acids is 1. The molecule has 1 amide bonds. The van der Waals surface area contributed by atoms with Gasteiger partial charge in [-0.15, -0.1) is 0 Å². The van der Waals surface area contributed by atoms with Gasteiger partial charge in [-0.3, -0.25) is 4.79 Å². The molecule has 0 aromatic carbocycles. The number of carbonyl (C=O) groups excluding carboxylic acids is 1. The summed E-state index contributed by atoms with van der Waals surface area (Å²) in [7, 11) is 0. The number of carboxylic acids is 1. The van der Waals surface area contributed by atoms with E-state index < -0.39 is 23.2 Å². The van der Waals surface area contributed by atoms with Crippen molar-refractivity contribution in [3.63, 3.8) is 0 Å². The van der Waals surface area contributed by atoms with Crippen LogP contribution < -0.4 is 11.5 Å². The third kappa shape index (κ3) is 3.55. The molecular formula is C9H11ClN4O4S. The number of anilines is 1. The third-order valence-electron chi connectivity index (χ3n) is 1.94. The number of nitrogens with zero attached hydrogens (tertiary/aromatic N) is 2. The molecule has 0 bridgehead atoms. The topological polar surface area (TPSA) is 141 Å². The lowest BCUT2D eigenvalue weighted by atomic mass is 10.1. The summed E-state index contributed by atoms with van der Waals surface area (Å²) in [6, 6.07) is 0. The third-order valence-corrected chi connectivity index (χ3v) is 3.02. The lowest BCUT2D eigenvalue weighted by molar-refractivity contribution is -0.161. The predicted molar refractivity (Wildman–Crippen MR) is 70.1 cm³/mol. The first kappa shape index (κ1) is 15.2. The fraction of sp³-hybridized carbons (Fsp3) is 0.333. The number of carboxylic acid groups (broad SMARTS) is 1. The summed E-state index contributed by atoms with van der Waals surface area (Å²) in [5.74, 6) is -2.22. The maximum atomic E-state index is 11.3. The highest BCUT2D eigenvalue weighted by atomic mass is 35.5. The smallest absolute Gasteiger partial charge is 0.350 e. The number of nitrogens with two attached hydrogens (primary N) is 2. The average molecular weight is 307 g/mol. The van der Waals surface area contributed by atoms with Crippen molar-refractivity contribution in [3.05, 3.63) is 10.0 Å². The van der Waals surface area contributed by atoms with E-state index in [9.17, 15) is 9.59 Å². The van der Waals surface area contributed by atoms with E-state index in [1.165, 1.54) is 13.8 Å². The van der Waals surface area contributed by atoms with Crippen molar-refractivity contribution in [1.82, 2.24) is 4.98 Å². The molecule has 10 heteroatoms. The Morgan fingerprint density at radius 1 is 1.53 bits per heavy atom. The monoisotopic (exact) mass is 306 g/mol. The van der Waals surface area contributed by atoms with Crippen LogP contribution >= 0.6 is 22.9 Å².